The van der Waals surface area contributed by atoms with Crippen LogP contribution in [-0.2, 0) is 14.8 Å². The minimum Gasteiger partial charge on any atom is -0.478 e. The van der Waals surface area contributed by atoms with Crippen molar-refractivity contribution in [1.82, 2.24) is 0 Å². The van der Waals surface area contributed by atoms with E-state index in [0.29, 0.717) is 5.56 Å². The number of anilines is 1. The standard InChI is InChI=1S/C11H12FNO4S/c1-2-18(16,17)13-10-5-3-8(7-9(10)12)4-6-11(14)15/h3-7,13H,2H2,1H3,(H,14,15)/b6-4+. The van der Waals surface area contributed by atoms with E-state index in [1.165, 1.54) is 25.1 Å². The first-order valence-electron chi connectivity index (χ1n) is 5.05. The molecular formula is C11H12FNO4S. The van der Waals surface area contributed by atoms with E-state index in [-0.39, 0.29) is 11.4 Å². The fraction of sp³-hybridized carbons (Fsp3) is 0.182. The van der Waals surface area contributed by atoms with Gasteiger partial charge in [0, 0.05) is 6.08 Å². The fourth-order valence-electron chi connectivity index (χ4n) is 1.13. The van der Waals surface area contributed by atoms with Crippen molar-refractivity contribution in [3.05, 3.63) is 35.7 Å². The quantitative estimate of drug-likeness (QED) is 0.799. The molecule has 5 nitrogen and oxygen atoms in total. The highest BCUT2D eigenvalue weighted by atomic mass is 32.2. The molecule has 0 unspecified atom stereocenters. The van der Waals surface area contributed by atoms with Crippen LogP contribution in [0.15, 0.2) is 24.3 Å². The Morgan fingerprint density at radius 2 is 2.17 bits per heavy atom. The van der Waals surface area contributed by atoms with Gasteiger partial charge >= 0.3 is 5.97 Å². The number of nitrogens with one attached hydrogen (secondary N) is 1. The molecule has 1 aromatic carbocycles. The van der Waals surface area contributed by atoms with Gasteiger partial charge < -0.3 is 5.11 Å². The van der Waals surface area contributed by atoms with Crippen molar-refractivity contribution in [3.63, 3.8) is 0 Å². The largest absolute Gasteiger partial charge is 0.478 e. The lowest BCUT2D eigenvalue weighted by Crippen LogP contribution is -2.15. The molecule has 98 valence electrons. The fourth-order valence-corrected chi connectivity index (χ4v) is 1.77. The lowest BCUT2D eigenvalue weighted by Gasteiger charge is -2.07. The predicted octanol–water partition coefficient (Wildman–Crippen LogP) is 1.69. The predicted molar refractivity (Wildman–Crippen MR) is 66.2 cm³/mol. The van der Waals surface area contributed by atoms with Crippen molar-refractivity contribution in [2.75, 3.05) is 10.5 Å². The van der Waals surface area contributed by atoms with Crippen LogP contribution in [-0.4, -0.2) is 25.2 Å². The highest BCUT2D eigenvalue weighted by Gasteiger charge is 2.10. The molecular weight excluding hydrogens is 261 g/mol. The number of carbonyl (C=O) groups is 1. The molecule has 0 aliphatic rings. The average molecular weight is 273 g/mol. The van der Waals surface area contributed by atoms with E-state index in [9.17, 15) is 17.6 Å². The first-order chi connectivity index (χ1) is 8.34. The lowest BCUT2D eigenvalue weighted by atomic mass is 10.2. The third-order valence-electron chi connectivity index (χ3n) is 2.06. The van der Waals surface area contributed by atoms with Crippen molar-refractivity contribution < 1.29 is 22.7 Å². The molecule has 7 heteroatoms. The van der Waals surface area contributed by atoms with Gasteiger partial charge in [-0.25, -0.2) is 17.6 Å². The summed E-state index contributed by atoms with van der Waals surface area (Å²) >= 11 is 0. The summed E-state index contributed by atoms with van der Waals surface area (Å²) in [4.78, 5) is 10.3. The Morgan fingerprint density at radius 3 is 2.67 bits per heavy atom. The number of rotatable bonds is 5. The Morgan fingerprint density at radius 1 is 1.50 bits per heavy atom. The smallest absolute Gasteiger partial charge is 0.328 e. The molecule has 1 rings (SSSR count). The molecule has 0 heterocycles. The third kappa shape index (κ3) is 4.17. The number of halogens is 1. The summed E-state index contributed by atoms with van der Waals surface area (Å²) in [6.45, 7) is 1.43. The second-order valence-corrected chi connectivity index (χ2v) is 5.43. The zero-order valence-electron chi connectivity index (χ0n) is 9.55. The number of benzene rings is 1. The van der Waals surface area contributed by atoms with Crippen molar-refractivity contribution in [2.24, 2.45) is 0 Å². The van der Waals surface area contributed by atoms with Crippen LogP contribution in [0.25, 0.3) is 6.08 Å². The highest BCUT2D eigenvalue weighted by Crippen LogP contribution is 2.18. The van der Waals surface area contributed by atoms with Crippen molar-refractivity contribution in [2.45, 2.75) is 6.92 Å². The SMILES string of the molecule is CCS(=O)(=O)Nc1ccc(/C=C/C(=O)O)cc1F. The summed E-state index contributed by atoms with van der Waals surface area (Å²) in [5, 5.41) is 8.41. The van der Waals surface area contributed by atoms with Crippen molar-refractivity contribution in [3.8, 4) is 0 Å². The molecule has 0 fully saturated rings. The maximum Gasteiger partial charge on any atom is 0.328 e. The molecule has 0 atom stereocenters. The molecule has 0 aromatic heterocycles. The summed E-state index contributed by atoms with van der Waals surface area (Å²) in [7, 11) is -3.54. The molecule has 18 heavy (non-hydrogen) atoms. The molecule has 0 amide bonds. The lowest BCUT2D eigenvalue weighted by molar-refractivity contribution is -0.131. The van der Waals surface area contributed by atoms with Crippen molar-refractivity contribution in [1.29, 1.82) is 0 Å². The zero-order chi connectivity index (χ0) is 13.8. The summed E-state index contributed by atoms with van der Waals surface area (Å²) < 4.78 is 38.1. The zero-order valence-corrected chi connectivity index (χ0v) is 10.4. The van der Waals surface area contributed by atoms with Gasteiger partial charge in [0.1, 0.15) is 5.82 Å². The van der Waals surface area contributed by atoms with Crippen LogP contribution in [0.2, 0.25) is 0 Å². The van der Waals surface area contributed by atoms with E-state index in [4.69, 9.17) is 5.11 Å². The van der Waals surface area contributed by atoms with E-state index in [1.807, 2.05) is 0 Å². The van der Waals surface area contributed by atoms with Gasteiger partial charge in [-0.15, -0.1) is 0 Å². The number of carboxylic acids is 1. The van der Waals surface area contributed by atoms with E-state index >= 15 is 0 Å². The van der Waals surface area contributed by atoms with E-state index in [2.05, 4.69) is 4.72 Å². The first-order valence-corrected chi connectivity index (χ1v) is 6.70. The number of carboxylic acid groups (broad SMARTS) is 1. The number of aliphatic carboxylic acids is 1. The second-order valence-electron chi connectivity index (χ2n) is 3.42. The molecule has 0 bridgehead atoms. The van der Waals surface area contributed by atoms with Crippen LogP contribution in [0.4, 0.5) is 10.1 Å². The highest BCUT2D eigenvalue weighted by molar-refractivity contribution is 7.92. The summed E-state index contributed by atoms with van der Waals surface area (Å²) in [5.41, 5.74) is 0.165. The Balaban J connectivity index is 2.97. The van der Waals surface area contributed by atoms with E-state index < -0.39 is 21.8 Å². The van der Waals surface area contributed by atoms with Crippen LogP contribution in [0.5, 0.6) is 0 Å². The Hall–Kier alpha value is -1.89. The summed E-state index contributed by atoms with van der Waals surface area (Å²) in [6, 6.07) is 3.70. The molecule has 0 spiro atoms. The molecule has 1 aromatic rings. The van der Waals surface area contributed by atoms with E-state index in [0.717, 1.165) is 12.1 Å². The maximum atomic E-state index is 13.5. The maximum absolute atomic E-state index is 13.5. The molecule has 0 saturated carbocycles. The normalized spacial score (nSPS) is 11.7. The molecule has 0 radical (unpaired) electrons. The monoisotopic (exact) mass is 273 g/mol. The average Bonchev–Trinajstić information content (AvgIpc) is 2.29. The van der Waals surface area contributed by atoms with Gasteiger partial charge in [-0.1, -0.05) is 6.07 Å². The topological polar surface area (TPSA) is 83.5 Å². The Kier molecular flexibility index (Phi) is 4.43. The van der Waals surface area contributed by atoms with E-state index in [1.54, 1.807) is 0 Å². The van der Waals surface area contributed by atoms with Gasteiger partial charge in [0.15, 0.2) is 0 Å². The van der Waals surface area contributed by atoms with Crippen LogP contribution in [0, 0.1) is 5.82 Å². The second kappa shape index (κ2) is 5.63. The van der Waals surface area contributed by atoms with Crippen LogP contribution in [0.1, 0.15) is 12.5 Å². The summed E-state index contributed by atoms with van der Waals surface area (Å²) in [5.74, 6) is -2.07. The van der Waals surface area contributed by atoms with Gasteiger partial charge in [-0.3, -0.25) is 4.72 Å². The van der Waals surface area contributed by atoms with Crippen molar-refractivity contribution >= 4 is 27.8 Å². The molecule has 0 aliphatic heterocycles. The molecule has 0 saturated heterocycles. The Bertz CT molecular complexity index is 581. The van der Waals surface area contributed by atoms with Gasteiger partial charge in [0.05, 0.1) is 11.4 Å². The van der Waals surface area contributed by atoms with Crippen LogP contribution < -0.4 is 4.72 Å². The third-order valence-corrected chi connectivity index (χ3v) is 3.35. The van der Waals surface area contributed by atoms with Gasteiger partial charge in [0.25, 0.3) is 0 Å². The van der Waals surface area contributed by atoms with Gasteiger partial charge in [-0.05, 0) is 30.7 Å². The summed E-state index contributed by atoms with van der Waals surface area (Å²) in [6.07, 6.45) is 2.08. The minimum absolute atomic E-state index is 0.160. The molecule has 2 N–H and O–H groups in total. The minimum atomic E-state index is -3.54. The van der Waals surface area contributed by atoms with Crippen LogP contribution in [0.3, 0.4) is 0 Å². The first kappa shape index (κ1) is 14.2. The van der Waals surface area contributed by atoms with Crippen LogP contribution >= 0.6 is 0 Å². The Labute approximate surface area is 104 Å². The molecule has 0 aliphatic carbocycles. The number of hydrogen-bond acceptors (Lipinski definition) is 3. The number of sulfonamides is 1. The van der Waals surface area contributed by atoms with Gasteiger partial charge in [0.2, 0.25) is 10.0 Å². The number of hydrogen-bond donors (Lipinski definition) is 2. The van der Waals surface area contributed by atoms with Gasteiger partial charge in [-0.2, -0.15) is 0 Å².